The zero-order valence-electron chi connectivity index (χ0n) is 14.0. The molecule has 0 unspecified atom stereocenters. The Hall–Kier alpha value is -2.53. The van der Waals surface area contributed by atoms with Crippen molar-refractivity contribution in [1.82, 2.24) is 15.2 Å². The molecule has 0 radical (unpaired) electrons. The smallest absolute Gasteiger partial charge is 0.181 e. The van der Waals surface area contributed by atoms with Gasteiger partial charge < -0.3 is 5.32 Å². The van der Waals surface area contributed by atoms with Crippen LogP contribution in [0.4, 0.5) is 10.2 Å². The molecule has 0 atom stereocenters. The van der Waals surface area contributed by atoms with E-state index in [1.54, 1.807) is 30.5 Å². The number of nitrogens with zero attached hydrogens (tertiary/aromatic N) is 3. The van der Waals surface area contributed by atoms with Crippen molar-refractivity contribution in [3.8, 4) is 11.4 Å². The fraction of sp³-hybridized carbons (Fsp3) is 0.211. The third-order valence-corrected chi connectivity index (χ3v) is 4.22. The van der Waals surface area contributed by atoms with Crippen molar-refractivity contribution in [2.45, 2.75) is 19.3 Å². The maximum atomic E-state index is 13.1. The van der Waals surface area contributed by atoms with Crippen LogP contribution in [0.15, 0.2) is 54.7 Å². The summed E-state index contributed by atoms with van der Waals surface area (Å²) in [4.78, 5) is 4.33. The number of halogens is 2. The Labute approximate surface area is 151 Å². The molecule has 1 aromatic heterocycles. The Balaban J connectivity index is 1.68. The molecule has 0 aliphatic rings. The van der Waals surface area contributed by atoms with Crippen molar-refractivity contribution in [3.05, 3.63) is 71.1 Å². The standard InChI is InChI=1S/C19H18ClFN4/c1-19(2,14-6-8-16(21)9-7-14)12-23-17-11-22-18(25-24-17)13-4-3-5-15(20)10-13/h3-11H,12H2,1-2H3,(H,23,24). The van der Waals surface area contributed by atoms with E-state index in [-0.39, 0.29) is 11.2 Å². The lowest BCUT2D eigenvalue weighted by Crippen LogP contribution is -2.28. The van der Waals surface area contributed by atoms with Gasteiger partial charge in [-0.2, -0.15) is 0 Å². The zero-order valence-corrected chi connectivity index (χ0v) is 14.8. The second-order valence-corrected chi connectivity index (χ2v) is 6.86. The van der Waals surface area contributed by atoms with Gasteiger partial charge in [0.2, 0.25) is 0 Å². The van der Waals surface area contributed by atoms with E-state index in [0.29, 0.717) is 23.2 Å². The number of hydrogen-bond acceptors (Lipinski definition) is 4. The average Bonchev–Trinajstić information content (AvgIpc) is 2.61. The van der Waals surface area contributed by atoms with Crippen LogP contribution in [0.5, 0.6) is 0 Å². The summed E-state index contributed by atoms with van der Waals surface area (Å²) in [5.74, 6) is 0.867. The zero-order chi connectivity index (χ0) is 17.9. The first-order chi connectivity index (χ1) is 11.9. The van der Waals surface area contributed by atoms with Crippen molar-refractivity contribution in [2.75, 3.05) is 11.9 Å². The Kier molecular flexibility index (Phi) is 4.95. The van der Waals surface area contributed by atoms with Crippen LogP contribution in [0.3, 0.4) is 0 Å². The number of benzene rings is 2. The highest BCUT2D eigenvalue weighted by molar-refractivity contribution is 6.30. The summed E-state index contributed by atoms with van der Waals surface area (Å²) in [6, 6.07) is 13.9. The summed E-state index contributed by atoms with van der Waals surface area (Å²) >= 11 is 5.98. The van der Waals surface area contributed by atoms with Crippen molar-refractivity contribution in [2.24, 2.45) is 0 Å². The van der Waals surface area contributed by atoms with Crippen LogP contribution in [0.2, 0.25) is 5.02 Å². The SMILES string of the molecule is CC(C)(CNc1cnc(-c2cccc(Cl)c2)nn1)c1ccc(F)cc1. The summed E-state index contributed by atoms with van der Waals surface area (Å²) in [5, 5.41) is 12.2. The highest BCUT2D eigenvalue weighted by Gasteiger charge is 2.20. The minimum Gasteiger partial charge on any atom is -0.366 e. The number of anilines is 1. The minimum atomic E-state index is -0.237. The molecule has 0 aliphatic heterocycles. The summed E-state index contributed by atoms with van der Waals surface area (Å²) in [5.41, 5.74) is 1.66. The molecule has 0 saturated carbocycles. The quantitative estimate of drug-likeness (QED) is 0.718. The fourth-order valence-corrected chi connectivity index (χ4v) is 2.62. The molecule has 0 saturated heterocycles. The first-order valence-corrected chi connectivity index (χ1v) is 8.27. The molecule has 0 spiro atoms. The Morgan fingerprint density at radius 1 is 1.08 bits per heavy atom. The number of hydrogen-bond donors (Lipinski definition) is 1. The third-order valence-electron chi connectivity index (χ3n) is 3.98. The Morgan fingerprint density at radius 3 is 2.48 bits per heavy atom. The summed E-state index contributed by atoms with van der Waals surface area (Å²) in [6.45, 7) is 4.77. The molecule has 0 fully saturated rings. The predicted octanol–water partition coefficient (Wildman–Crippen LogP) is 4.72. The number of rotatable bonds is 5. The van der Waals surface area contributed by atoms with Gasteiger partial charge in [0, 0.05) is 22.5 Å². The Bertz CT molecular complexity index is 848. The van der Waals surface area contributed by atoms with E-state index in [1.165, 1.54) is 12.1 Å². The van der Waals surface area contributed by atoms with Crippen LogP contribution < -0.4 is 5.32 Å². The van der Waals surface area contributed by atoms with Gasteiger partial charge in [-0.05, 0) is 29.8 Å². The van der Waals surface area contributed by atoms with Crippen molar-refractivity contribution in [3.63, 3.8) is 0 Å². The van der Waals surface area contributed by atoms with E-state index in [0.717, 1.165) is 11.1 Å². The lowest BCUT2D eigenvalue weighted by atomic mass is 9.84. The van der Waals surface area contributed by atoms with Crippen molar-refractivity contribution in [1.29, 1.82) is 0 Å². The van der Waals surface area contributed by atoms with Gasteiger partial charge in [0.05, 0.1) is 6.20 Å². The van der Waals surface area contributed by atoms with Gasteiger partial charge in [-0.3, -0.25) is 0 Å². The van der Waals surface area contributed by atoms with E-state index in [4.69, 9.17) is 11.6 Å². The maximum absolute atomic E-state index is 13.1. The summed E-state index contributed by atoms with van der Waals surface area (Å²) in [6.07, 6.45) is 1.64. The van der Waals surface area contributed by atoms with Crippen molar-refractivity contribution >= 4 is 17.4 Å². The van der Waals surface area contributed by atoms with Gasteiger partial charge in [-0.15, -0.1) is 10.2 Å². The molecular formula is C19H18ClFN4. The lowest BCUT2D eigenvalue weighted by Gasteiger charge is -2.25. The average molecular weight is 357 g/mol. The minimum absolute atomic E-state index is 0.193. The molecule has 128 valence electrons. The van der Waals surface area contributed by atoms with E-state index >= 15 is 0 Å². The maximum Gasteiger partial charge on any atom is 0.181 e. The molecule has 25 heavy (non-hydrogen) atoms. The van der Waals surface area contributed by atoms with Crippen LogP contribution >= 0.6 is 11.6 Å². The van der Waals surface area contributed by atoms with Crippen molar-refractivity contribution < 1.29 is 4.39 Å². The molecule has 6 heteroatoms. The van der Waals surface area contributed by atoms with Crippen LogP contribution in [-0.2, 0) is 5.41 Å². The van der Waals surface area contributed by atoms with Gasteiger partial charge in [0.25, 0.3) is 0 Å². The highest BCUT2D eigenvalue weighted by atomic mass is 35.5. The molecule has 3 rings (SSSR count). The first-order valence-electron chi connectivity index (χ1n) is 7.90. The molecule has 0 aliphatic carbocycles. The largest absolute Gasteiger partial charge is 0.366 e. The van der Waals surface area contributed by atoms with E-state index < -0.39 is 0 Å². The van der Waals surface area contributed by atoms with Crippen LogP contribution in [0.1, 0.15) is 19.4 Å². The predicted molar refractivity (Wildman–Crippen MR) is 98.2 cm³/mol. The molecule has 4 nitrogen and oxygen atoms in total. The molecule has 2 aromatic carbocycles. The molecule has 1 heterocycles. The van der Waals surface area contributed by atoms with Gasteiger partial charge in [0.1, 0.15) is 5.82 Å². The number of nitrogens with one attached hydrogen (secondary N) is 1. The van der Waals surface area contributed by atoms with E-state index in [9.17, 15) is 4.39 Å². The van der Waals surface area contributed by atoms with Gasteiger partial charge >= 0.3 is 0 Å². The molecule has 3 aromatic rings. The third kappa shape index (κ3) is 4.31. The van der Waals surface area contributed by atoms with Crippen LogP contribution in [0.25, 0.3) is 11.4 Å². The normalized spacial score (nSPS) is 11.4. The van der Waals surface area contributed by atoms with Crippen LogP contribution in [-0.4, -0.2) is 21.7 Å². The van der Waals surface area contributed by atoms with E-state index in [2.05, 4.69) is 34.3 Å². The highest BCUT2D eigenvalue weighted by Crippen LogP contribution is 2.24. The monoisotopic (exact) mass is 356 g/mol. The molecule has 0 bridgehead atoms. The van der Waals surface area contributed by atoms with E-state index in [1.807, 2.05) is 12.1 Å². The fourth-order valence-electron chi connectivity index (χ4n) is 2.43. The molecule has 1 N–H and O–H groups in total. The summed E-state index contributed by atoms with van der Waals surface area (Å²) < 4.78 is 13.1. The lowest BCUT2D eigenvalue weighted by molar-refractivity contribution is 0.552. The van der Waals surface area contributed by atoms with Gasteiger partial charge in [-0.25, -0.2) is 9.37 Å². The molecule has 0 amide bonds. The topological polar surface area (TPSA) is 50.7 Å². The van der Waals surface area contributed by atoms with Gasteiger partial charge in [0.15, 0.2) is 11.6 Å². The second kappa shape index (κ2) is 7.15. The Morgan fingerprint density at radius 2 is 1.84 bits per heavy atom. The summed E-state index contributed by atoms with van der Waals surface area (Å²) in [7, 11) is 0. The van der Waals surface area contributed by atoms with Crippen LogP contribution in [0, 0.1) is 5.82 Å². The first kappa shape index (κ1) is 17.3. The number of aromatic nitrogens is 3. The second-order valence-electron chi connectivity index (χ2n) is 6.42. The van der Waals surface area contributed by atoms with Gasteiger partial charge in [-0.1, -0.05) is 49.7 Å². The molecular weight excluding hydrogens is 339 g/mol.